The fourth-order valence-electron chi connectivity index (χ4n) is 3.92. The third kappa shape index (κ3) is 4.37. The summed E-state index contributed by atoms with van der Waals surface area (Å²) in [4.78, 5) is 19.5. The van der Waals surface area contributed by atoms with Crippen molar-refractivity contribution in [1.29, 1.82) is 0 Å². The van der Waals surface area contributed by atoms with Crippen LogP contribution in [0.15, 0.2) is 30.3 Å². The second-order valence-electron chi connectivity index (χ2n) is 7.69. The molecule has 0 saturated carbocycles. The molecule has 2 aromatic heterocycles. The summed E-state index contributed by atoms with van der Waals surface area (Å²) >= 11 is 0. The second kappa shape index (κ2) is 8.16. The molecule has 1 aliphatic heterocycles. The van der Waals surface area contributed by atoms with Gasteiger partial charge in [0.15, 0.2) is 5.82 Å². The number of nitrogens with one attached hydrogen (secondary N) is 2. The fraction of sp³-hybridized carbons (Fsp3) is 0.429. The number of aromatic amines is 1. The number of rotatable bonds is 5. The van der Waals surface area contributed by atoms with Crippen LogP contribution in [-0.2, 0) is 11.3 Å². The second-order valence-corrected chi connectivity index (χ2v) is 7.69. The molecule has 1 unspecified atom stereocenters. The highest BCUT2D eigenvalue weighted by molar-refractivity contribution is 5.94. The Morgan fingerprint density at radius 1 is 1.21 bits per heavy atom. The number of carbonyl (C=O) groups is 1. The molecule has 1 saturated heterocycles. The lowest BCUT2D eigenvalue weighted by molar-refractivity contribution is -0.122. The van der Waals surface area contributed by atoms with Gasteiger partial charge in [0.25, 0.3) is 0 Å². The number of carbonyl (C=O) groups excluding carboxylic acids is 1. The lowest BCUT2D eigenvalue weighted by Crippen LogP contribution is -2.46. The van der Waals surface area contributed by atoms with Crippen molar-refractivity contribution in [3.8, 4) is 5.69 Å². The Kier molecular flexibility index (Phi) is 5.44. The Balaban J connectivity index is 1.43. The summed E-state index contributed by atoms with van der Waals surface area (Å²) in [5.41, 5.74) is 3.84. The standard InChI is InChI=1S/C21H27N7O/c1-14-12-15(2)28(26-14)18-9-7-17(8-10-18)23-21(29)19-6-4-5-11-27(19)13-20-22-16(3)24-25-20/h7-10,12,19H,4-6,11,13H2,1-3H3,(H,23,29)(H,22,24,25). The van der Waals surface area contributed by atoms with Crippen LogP contribution in [-0.4, -0.2) is 48.4 Å². The molecule has 0 aliphatic carbocycles. The SMILES string of the molecule is Cc1cc(C)n(-c2ccc(NC(=O)C3CCCCN3Cc3n[nH]c(C)n3)cc2)n1. The molecule has 8 heteroatoms. The van der Waals surface area contributed by atoms with Crippen molar-refractivity contribution in [2.24, 2.45) is 0 Å². The highest BCUT2D eigenvalue weighted by Crippen LogP contribution is 2.21. The molecule has 0 radical (unpaired) electrons. The maximum Gasteiger partial charge on any atom is 0.241 e. The number of piperidine rings is 1. The summed E-state index contributed by atoms with van der Waals surface area (Å²) in [5.74, 6) is 1.55. The number of likely N-dealkylation sites (tertiary alicyclic amines) is 1. The van der Waals surface area contributed by atoms with Crippen LogP contribution in [0.3, 0.4) is 0 Å². The first-order valence-corrected chi connectivity index (χ1v) is 10.1. The zero-order chi connectivity index (χ0) is 20.4. The van der Waals surface area contributed by atoms with E-state index in [9.17, 15) is 4.79 Å². The van der Waals surface area contributed by atoms with E-state index >= 15 is 0 Å². The molecule has 3 heterocycles. The van der Waals surface area contributed by atoms with Crippen LogP contribution >= 0.6 is 0 Å². The monoisotopic (exact) mass is 393 g/mol. The van der Waals surface area contributed by atoms with Crippen LogP contribution in [0.25, 0.3) is 5.69 Å². The van der Waals surface area contributed by atoms with Crippen LogP contribution in [0, 0.1) is 20.8 Å². The number of nitrogens with zero attached hydrogens (tertiary/aromatic N) is 5. The molecule has 1 aromatic carbocycles. The van der Waals surface area contributed by atoms with Gasteiger partial charge in [-0.25, -0.2) is 9.67 Å². The van der Waals surface area contributed by atoms with Gasteiger partial charge < -0.3 is 5.32 Å². The zero-order valence-electron chi connectivity index (χ0n) is 17.1. The molecule has 3 aromatic rings. The van der Waals surface area contributed by atoms with E-state index in [0.29, 0.717) is 6.54 Å². The van der Waals surface area contributed by atoms with Gasteiger partial charge in [-0.15, -0.1) is 0 Å². The number of anilines is 1. The van der Waals surface area contributed by atoms with Crippen molar-refractivity contribution in [2.45, 2.75) is 52.6 Å². The zero-order valence-corrected chi connectivity index (χ0v) is 17.1. The Labute approximate surface area is 170 Å². The predicted molar refractivity (Wildman–Crippen MR) is 111 cm³/mol. The van der Waals surface area contributed by atoms with E-state index in [-0.39, 0.29) is 11.9 Å². The lowest BCUT2D eigenvalue weighted by Gasteiger charge is -2.33. The molecule has 1 fully saturated rings. The van der Waals surface area contributed by atoms with E-state index in [1.54, 1.807) is 0 Å². The number of hydrogen-bond acceptors (Lipinski definition) is 5. The number of benzene rings is 1. The largest absolute Gasteiger partial charge is 0.325 e. The van der Waals surface area contributed by atoms with Crippen molar-refractivity contribution in [1.82, 2.24) is 29.9 Å². The summed E-state index contributed by atoms with van der Waals surface area (Å²) in [5, 5.41) is 14.7. The third-order valence-electron chi connectivity index (χ3n) is 5.29. The van der Waals surface area contributed by atoms with E-state index in [4.69, 9.17) is 0 Å². The lowest BCUT2D eigenvalue weighted by atomic mass is 10.0. The van der Waals surface area contributed by atoms with Gasteiger partial charge in [-0.3, -0.25) is 14.8 Å². The number of hydrogen-bond donors (Lipinski definition) is 2. The Morgan fingerprint density at radius 3 is 2.66 bits per heavy atom. The van der Waals surface area contributed by atoms with Crippen molar-refractivity contribution in [2.75, 3.05) is 11.9 Å². The number of aryl methyl sites for hydroxylation is 3. The van der Waals surface area contributed by atoms with Crippen molar-refractivity contribution in [3.63, 3.8) is 0 Å². The van der Waals surface area contributed by atoms with Crippen molar-refractivity contribution >= 4 is 11.6 Å². The molecule has 4 rings (SSSR count). The molecule has 1 aliphatic rings. The van der Waals surface area contributed by atoms with E-state index in [0.717, 1.165) is 60.2 Å². The van der Waals surface area contributed by atoms with E-state index < -0.39 is 0 Å². The molecule has 0 bridgehead atoms. The number of amides is 1. The fourth-order valence-corrected chi connectivity index (χ4v) is 3.92. The Hall–Kier alpha value is -3.00. The summed E-state index contributed by atoms with van der Waals surface area (Å²) in [6.07, 6.45) is 2.99. The molecule has 152 valence electrons. The van der Waals surface area contributed by atoms with Gasteiger partial charge in [0.05, 0.1) is 24.0 Å². The summed E-state index contributed by atoms with van der Waals surface area (Å²) < 4.78 is 1.91. The number of aromatic nitrogens is 5. The van der Waals surface area contributed by atoms with Gasteiger partial charge in [-0.2, -0.15) is 10.2 Å². The maximum absolute atomic E-state index is 13.0. The molecular formula is C21H27N7O. The van der Waals surface area contributed by atoms with Crippen molar-refractivity contribution < 1.29 is 4.79 Å². The van der Waals surface area contributed by atoms with Gasteiger partial charge in [-0.1, -0.05) is 6.42 Å². The third-order valence-corrected chi connectivity index (χ3v) is 5.29. The quantitative estimate of drug-likeness (QED) is 0.695. The van der Waals surface area contributed by atoms with Gasteiger partial charge in [0.2, 0.25) is 5.91 Å². The minimum absolute atomic E-state index is 0.0239. The maximum atomic E-state index is 13.0. The van der Waals surface area contributed by atoms with Gasteiger partial charge in [-0.05, 0) is 70.5 Å². The minimum Gasteiger partial charge on any atom is -0.325 e. The van der Waals surface area contributed by atoms with Crippen LogP contribution in [0.2, 0.25) is 0 Å². The highest BCUT2D eigenvalue weighted by Gasteiger charge is 2.29. The summed E-state index contributed by atoms with van der Waals surface area (Å²) in [7, 11) is 0. The van der Waals surface area contributed by atoms with Gasteiger partial charge in [0, 0.05) is 11.4 Å². The van der Waals surface area contributed by atoms with E-state index in [1.165, 1.54) is 0 Å². The van der Waals surface area contributed by atoms with E-state index in [1.807, 2.05) is 55.8 Å². The van der Waals surface area contributed by atoms with Crippen LogP contribution in [0.1, 0.15) is 42.3 Å². The summed E-state index contributed by atoms with van der Waals surface area (Å²) in [6.45, 7) is 7.35. The Morgan fingerprint density at radius 2 is 2.00 bits per heavy atom. The van der Waals surface area contributed by atoms with Crippen LogP contribution in [0.5, 0.6) is 0 Å². The predicted octanol–water partition coefficient (Wildman–Crippen LogP) is 2.91. The van der Waals surface area contributed by atoms with Crippen LogP contribution < -0.4 is 5.32 Å². The molecule has 1 atom stereocenters. The number of H-pyrrole nitrogens is 1. The molecular weight excluding hydrogens is 366 g/mol. The summed E-state index contributed by atoms with van der Waals surface area (Å²) in [6, 6.07) is 9.68. The molecule has 29 heavy (non-hydrogen) atoms. The normalized spacial score (nSPS) is 17.4. The average Bonchev–Trinajstić information content (AvgIpc) is 3.27. The van der Waals surface area contributed by atoms with Crippen LogP contribution in [0.4, 0.5) is 5.69 Å². The van der Waals surface area contributed by atoms with Gasteiger partial charge in [0.1, 0.15) is 5.82 Å². The molecule has 1 amide bonds. The average molecular weight is 393 g/mol. The highest BCUT2D eigenvalue weighted by atomic mass is 16.2. The van der Waals surface area contributed by atoms with E-state index in [2.05, 4.69) is 30.5 Å². The Bertz CT molecular complexity index is 989. The first-order chi connectivity index (χ1) is 14.0. The smallest absolute Gasteiger partial charge is 0.241 e. The topological polar surface area (TPSA) is 91.7 Å². The molecule has 0 spiro atoms. The first kappa shape index (κ1) is 19.3. The van der Waals surface area contributed by atoms with Crippen molar-refractivity contribution in [3.05, 3.63) is 53.4 Å². The molecule has 8 nitrogen and oxygen atoms in total. The first-order valence-electron chi connectivity index (χ1n) is 10.1. The minimum atomic E-state index is -0.168. The van der Waals surface area contributed by atoms with Gasteiger partial charge >= 0.3 is 0 Å². The molecule has 2 N–H and O–H groups in total.